The van der Waals surface area contributed by atoms with Crippen LogP contribution in [-0.2, 0) is 0 Å². The summed E-state index contributed by atoms with van der Waals surface area (Å²) < 4.78 is 0. The maximum Gasteiger partial charge on any atom is 0.255 e. The van der Waals surface area contributed by atoms with Gasteiger partial charge in [-0.15, -0.1) is 0 Å². The van der Waals surface area contributed by atoms with Crippen LogP contribution in [0.5, 0.6) is 0 Å². The Morgan fingerprint density at radius 3 is 1.96 bits per heavy atom. The summed E-state index contributed by atoms with van der Waals surface area (Å²) in [5.41, 5.74) is 4.69. The van der Waals surface area contributed by atoms with E-state index in [0.717, 1.165) is 5.56 Å². The SMILES string of the molecule is Cc1cc(NC(=O)c2ccc(C(C)C)cc2)ccc1NC(=O)c1ccccc1. The van der Waals surface area contributed by atoms with Crippen molar-refractivity contribution in [3.63, 3.8) is 0 Å². The van der Waals surface area contributed by atoms with Gasteiger partial charge in [-0.05, 0) is 66.4 Å². The Bertz CT molecular complexity index is 977. The molecule has 3 aromatic carbocycles. The van der Waals surface area contributed by atoms with E-state index >= 15 is 0 Å². The fraction of sp³-hybridized carbons (Fsp3) is 0.167. The number of amides is 2. The van der Waals surface area contributed by atoms with Crippen LogP contribution in [0.3, 0.4) is 0 Å². The summed E-state index contributed by atoms with van der Waals surface area (Å²) in [5, 5.41) is 5.81. The number of carbonyl (C=O) groups is 2. The van der Waals surface area contributed by atoms with Gasteiger partial charge in [-0.25, -0.2) is 0 Å². The van der Waals surface area contributed by atoms with Crippen LogP contribution >= 0.6 is 0 Å². The highest BCUT2D eigenvalue weighted by Crippen LogP contribution is 2.21. The van der Waals surface area contributed by atoms with Crippen molar-refractivity contribution >= 4 is 23.2 Å². The van der Waals surface area contributed by atoms with Crippen molar-refractivity contribution in [2.75, 3.05) is 10.6 Å². The molecule has 0 heterocycles. The molecule has 4 heteroatoms. The second-order valence-corrected chi connectivity index (χ2v) is 7.08. The van der Waals surface area contributed by atoms with Crippen molar-refractivity contribution in [2.24, 2.45) is 0 Å². The zero-order chi connectivity index (χ0) is 20.1. The summed E-state index contributed by atoms with van der Waals surface area (Å²) in [6.07, 6.45) is 0. The van der Waals surface area contributed by atoms with Crippen molar-refractivity contribution in [1.29, 1.82) is 0 Å². The van der Waals surface area contributed by atoms with Gasteiger partial charge >= 0.3 is 0 Å². The maximum absolute atomic E-state index is 12.5. The van der Waals surface area contributed by atoms with Gasteiger partial charge in [0.1, 0.15) is 0 Å². The minimum atomic E-state index is -0.161. The Morgan fingerprint density at radius 2 is 1.36 bits per heavy atom. The molecule has 0 atom stereocenters. The third kappa shape index (κ3) is 4.65. The molecule has 0 aliphatic rings. The highest BCUT2D eigenvalue weighted by molar-refractivity contribution is 6.06. The summed E-state index contributed by atoms with van der Waals surface area (Å²) in [6.45, 7) is 6.14. The number of anilines is 2. The van der Waals surface area contributed by atoms with Crippen LogP contribution in [-0.4, -0.2) is 11.8 Å². The summed E-state index contributed by atoms with van der Waals surface area (Å²) in [4.78, 5) is 24.8. The summed E-state index contributed by atoms with van der Waals surface area (Å²) in [7, 11) is 0. The van der Waals surface area contributed by atoms with Gasteiger partial charge in [0.05, 0.1) is 0 Å². The maximum atomic E-state index is 12.5. The molecule has 0 aliphatic heterocycles. The lowest BCUT2D eigenvalue weighted by Crippen LogP contribution is -2.14. The molecule has 0 aromatic heterocycles. The molecule has 0 spiro atoms. The second-order valence-electron chi connectivity index (χ2n) is 7.08. The molecule has 0 saturated carbocycles. The van der Waals surface area contributed by atoms with E-state index in [4.69, 9.17) is 0 Å². The van der Waals surface area contributed by atoms with E-state index in [0.29, 0.717) is 28.4 Å². The first kappa shape index (κ1) is 19.4. The topological polar surface area (TPSA) is 58.2 Å². The fourth-order valence-corrected chi connectivity index (χ4v) is 2.89. The molecule has 2 N–H and O–H groups in total. The fourth-order valence-electron chi connectivity index (χ4n) is 2.89. The van der Waals surface area contributed by atoms with Crippen LogP contribution in [0.4, 0.5) is 11.4 Å². The van der Waals surface area contributed by atoms with Gasteiger partial charge in [-0.1, -0.05) is 44.2 Å². The molecule has 0 aliphatic carbocycles. The molecule has 4 nitrogen and oxygen atoms in total. The molecular weight excluding hydrogens is 348 g/mol. The number of carbonyl (C=O) groups excluding carboxylic acids is 2. The van der Waals surface area contributed by atoms with Crippen molar-refractivity contribution in [3.8, 4) is 0 Å². The monoisotopic (exact) mass is 372 g/mol. The van der Waals surface area contributed by atoms with Crippen LogP contribution in [0.1, 0.15) is 51.6 Å². The zero-order valence-corrected chi connectivity index (χ0v) is 16.3. The normalized spacial score (nSPS) is 10.6. The van der Waals surface area contributed by atoms with E-state index < -0.39 is 0 Å². The smallest absolute Gasteiger partial charge is 0.255 e. The third-order valence-electron chi connectivity index (χ3n) is 4.61. The van der Waals surface area contributed by atoms with Gasteiger partial charge < -0.3 is 10.6 Å². The average Bonchev–Trinajstić information content (AvgIpc) is 2.70. The first-order chi connectivity index (χ1) is 13.4. The first-order valence-corrected chi connectivity index (χ1v) is 9.32. The van der Waals surface area contributed by atoms with E-state index in [9.17, 15) is 9.59 Å². The number of hydrogen-bond acceptors (Lipinski definition) is 2. The Kier molecular flexibility index (Phi) is 5.90. The third-order valence-corrected chi connectivity index (χ3v) is 4.61. The van der Waals surface area contributed by atoms with Gasteiger partial charge in [0.15, 0.2) is 0 Å². The molecule has 0 radical (unpaired) electrons. The second kappa shape index (κ2) is 8.53. The molecule has 0 fully saturated rings. The highest BCUT2D eigenvalue weighted by Gasteiger charge is 2.10. The summed E-state index contributed by atoms with van der Waals surface area (Å²) >= 11 is 0. The van der Waals surface area contributed by atoms with E-state index in [1.54, 1.807) is 24.3 Å². The molecule has 3 aromatic rings. The highest BCUT2D eigenvalue weighted by atomic mass is 16.2. The van der Waals surface area contributed by atoms with Crippen LogP contribution in [0, 0.1) is 6.92 Å². The van der Waals surface area contributed by atoms with Crippen molar-refractivity contribution in [2.45, 2.75) is 26.7 Å². The Balaban J connectivity index is 1.68. The zero-order valence-electron chi connectivity index (χ0n) is 16.3. The van der Waals surface area contributed by atoms with Crippen molar-refractivity contribution < 1.29 is 9.59 Å². The quantitative estimate of drug-likeness (QED) is 0.610. The summed E-state index contributed by atoms with van der Waals surface area (Å²) in [6, 6.07) is 22.1. The minimum absolute atomic E-state index is 0.157. The first-order valence-electron chi connectivity index (χ1n) is 9.32. The molecule has 28 heavy (non-hydrogen) atoms. The minimum Gasteiger partial charge on any atom is -0.322 e. The van der Waals surface area contributed by atoms with Crippen molar-refractivity contribution in [1.82, 2.24) is 0 Å². The summed E-state index contributed by atoms with van der Waals surface area (Å²) in [5.74, 6) is 0.111. The standard InChI is InChI=1S/C24H24N2O2/c1-16(2)18-9-11-20(12-10-18)23(27)25-21-13-14-22(17(3)15-21)26-24(28)19-7-5-4-6-8-19/h4-16H,1-3H3,(H,25,27)(H,26,28). The van der Waals surface area contributed by atoms with Crippen LogP contribution < -0.4 is 10.6 Å². The predicted octanol–water partition coefficient (Wildman–Crippen LogP) is 5.62. The lowest BCUT2D eigenvalue weighted by Gasteiger charge is -2.12. The molecule has 0 bridgehead atoms. The Morgan fingerprint density at radius 1 is 0.750 bits per heavy atom. The number of rotatable bonds is 5. The number of hydrogen-bond donors (Lipinski definition) is 2. The lowest BCUT2D eigenvalue weighted by atomic mass is 10.0. The number of aryl methyl sites for hydroxylation is 1. The van der Waals surface area contributed by atoms with Crippen LogP contribution in [0.15, 0.2) is 72.8 Å². The van der Waals surface area contributed by atoms with Crippen LogP contribution in [0.2, 0.25) is 0 Å². The van der Waals surface area contributed by atoms with Gasteiger partial charge in [0.25, 0.3) is 11.8 Å². The largest absolute Gasteiger partial charge is 0.322 e. The molecule has 142 valence electrons. The van der Waals surface area contributed by atoms with Gasteiger partial charge in [0, 0.05) is 22.5 Å². The number of benzene rings is 3. The molecular formula is C24H24N2O2. The van der Waals surface area contributed by atoms with Crippen LogP contribution in [0.25, 0.3) is 0 Å². The van der Waals surface area contributed by atoms with Gasteiger partial charge in [0.2, 0.25) is 0 Å². The van der Waals surface area contributed by atoms with E-state index in [1.165, 1.54) is 5.56 Å². The van der Waals surface area contributed by atoms with Gasteiger partial charge in [-0.3, -0.25) is 9.59 Å². The predicted molar refractivity (Wildman–Crippen MR) is 114 cm³/mol. The van der Waals surface area contributed by atoms with E-state index in [1.807, 2.05) is 55.5 Å². The number of nitrogens with one attached hydrogen (secondary N) is 2. The molecule has 0 unspecified atom stereocenters. The lowest BCUT2D eigenvalue weighted by molar-refractivity contribution is 0.101. The molecule has 3 rings (SSSR count). The molecule has 0 saturated heterocycles. The average molecular weight is 372 g/mol. The Labute approximate surface area is 165 Å². The van der Waals surface area contributed by atoms with Gasteiger partial charge in [-0.2, -0.15) is 0 Å². The molecule has 2 amide bonds. The Hall–Kier alpha value is -3.40. The van der Waals surface area contributed by atoms with E-state index in [-0.39, 0.29) is 11.8 Å². The van der Waals surface area contributed by atoms with Crippen molar-refractivity contribution in [3.05, 3.63) is 95.1 Å². The van der Waals surface area contributed by atoms with E-state index in [2.05, 4.69) is 24.5 Å².